The van der Waals surface area contributed by atoms with E-state index in [1.807, 2.05) is 19.9 Å². The molecule has 0 aromatic carbocycles. The minimum absolute atomic E-state index is 0.0255. The average molecular weight is 360 g/mol. The molecule has 0 radical (unpaired) electrons. The highest BCUT2D eigenvalue weighted by atomic mass is 16.3. The van der Waals surface area contributed by atoms with Crippen LogP contribution >= 0.6 is 0 Å². The van der Waals surface area contributed by atoms with Gasteiger partial charge in [0.1, 0.15) is 18.0 Å². The average Bonchev–Trinajstić information content (AvgIpc) is 2.95. The molecule has 4 aliphatic rings. The Bertz CT molecular complexity index is 805. The van der Waals surface area contributed by atoms with Gasteiger partial charge in [0.25, 0.3) is 0 Å². The lowest BCUT2D eigenvalue weighted by Crippen LogP contribution is -2.60. The summed E-state index contributed by atoms with van der Waals surface area (Å²) in [6, 6.07) is 0. The highest BCUT2D eigenvalue weighted by Gasteiger charge is 2.68. The molecule has 6 atom stereocenters. The van der Waals surface area contributed by atoms with E-state index in [0.717, 1.165) is 18.4 Å². The van der Waals surface area contributed by atoms with Crippen LogP contribution in [0, 0.1) is 28.6 Å². The lowest BCUT2D eigenvalue weighted by atomic mass is 9.46. The lowest BCUT2D eigenvalue weighted by molar-refractivity contribution is -0.168. The highest BCUT2D eigenvalue weighted by molar-refractivity contribution is 6.02. The normalized spacial score (nSPS) is 48.1. The second kappa shape index (κ2) is 5.46. The molecule has 0 amide bonds. The van der Waals surface area contributed by atoms with Crippen molar-refractivity contribution in [2.75, 3.05) is 6.61 Å². The van der Waals surface area contributed by atoms with E-state index in [1.54, 1.807) is 12.2 Å². The summed E-state index contributed by atoms with van der Waals surface area (Å²) in [6.07, 6.45) is 7.90. The van der Waals surface area contributed by atoms with Gasteiger partial charge in [-0.05, 0) is 49.7 Å². The zero-order chi connectivity index (χ0) is 20.3. The molecule has 4 rings (SSSR count). The SMILES string of the molecule is [2H]OCC(=O)[C@@]1(O[2H])CC[C@H]2[C@@H]3CCC4=CC(=O)C=C[C@]4(C)[C@H]3C(=O)C[C@@]21C. The first-order valence-corrected chi connectivity index (χ1v) is 9.46. The molecule has 140 valence electrons. The topological polar surface area (TPSA) is 91.7 Å². The van der Waals surface area contributed by atoms with Crippen LogP contribution in [0.5, 0.6) is 0 Å². The van der Waals surface area contributed by atoms with Crippen molar-refractivity contribution in [2.45, 2.75) is 51.6 Å². The molecule has 4 aliphatic carbocycles. The van der Waals surface area contributed by atoms with Crippen molar-refractivity contribution in [1.82, 2.24) is 0 Å². The fourth-order valence-electron chi connectivity index (χ4n) is 6.59. The Balaban J connectivity index is 1.75. The number of aliphatic hydroxyl groups is 2. The van der Waals surface area contributed by atoms with Crippen molar-refractivity contribution in [3.63, 3.8) is 0 Å². The number of Topliss-reactive ketones (excluding diaryl/α,β-unsaturated/α-hetero) is 2. The number of carbonyl (C=O) groups is 3. The Kier molecular flexibility index (Phi) is 3.25. The number of rotatable bonds is 4. The van der Waals surface area contributed by atoms with Gasteiger partial charge in [0.05, 0.1) is 0 Å². The van der Waals surface area contributed by atoms with Gasteiger partial charge < -0.3 is 10.2 Å². The fourth-order valence-corrected chi connectivity index (χ4v) is 6.59. The predicted octanol–water partition coefficient (Wildman–Crippen LogP) is 1.77. The lowest BCUT2D eigenvalue weighted by Gasteiger charge is -2.56. The van der Waals surface area contributed by atoms with Crippen LogP contribution in [0.15, 0.2) is 23.8 Å². The van der Waals surface area contributed by atoms with Crippen LogP contribution in [-0.2, 0) is 14.4 Å². The summed E-state index contributed by atoms with van der Waals surface area (Å²) < 4.78 is 14.6. The van der Waals surface area contributed by atoms with Crippen molar-refractivity contribution >= 4 is 17.3 Å². The first-order valence-electron chi connectivity index (χ1n) is 10.3. The highest BCUT2D eigenvalue weighted by Crippen LogP contribution is 2.66. The summed E-state index contributed by atoms with van der Waals surface area (Å²) >= 11 is 0. The molecule has 5 nitrogen and oxygen atoms in total. The summed E-state index contributed by atoms with van der Waals surface area (Å²) in [7, 11) is 0. The maximum Gasteiger partial charge on any atom is 0.212 e. The summed E-state index contributed by atoms with van der Waals surface area (Å²) in [6.45, 7) is 3.49. The van der Waals surface area contributed by atoms with Crippen LogP contribution in [-0.4, -0.2) is 42.6 Å². The van der Waals surface area contributed by atoms with E-state index in [1.165, 1.54) is 0 Å². The second-order valence-corrected chi connectivity index (χ2v) is 8.97. The molecule has 0 aromatic rings. The third-order valence-corrected chi connectivity index (χ3v) is 7.96. The van der Waals surface area contributed by atoms with Crippen LogP contribution in [0.2, 0.25) is 0 Å². The second-order valence-electron chi connectivity index (χ2n) is 8.97. The van der Waals surface area contributed by atoms with Crippen molar-refractivity contribution in [1.29, 1.82) is 2.86 Å². The molecule has 5 heteroatoms. The third kappa shape index (κ3) is 2.01. The number of hydrogen-bond acceptors (Lipinski definition) is 5. The molecular weight excluding hydrogens is 332 g/mol. The van der Waals surface area contributed by atoms with Gasteiger partial charge in [-0.15, -0.1) is 0 Å². The molecule has 0 saturated heterocycles. The van der Waals surface area contributed by atoms with E-state index in [0.29, 0.717) is 12.8 Å². The van der Waals surface area contributed by atoms with E-state index in [-0.39, 0.29) is 35.7 Å². The summed E-state index contributed by atoms with van der Waals surface area (Å²) in [5.41, 5.74) is -1.63. The fraction of sp³-hybridized carbons (Fsp3) is 0.667. The van der Waals surface area contributed by atoms with Gasteiger partial charge in [-0.2, -0.15) is 0 Å². The summed E-state index contributed by atoms with van der Waals surface area (Å²) in [5, 5.41) is 9.38. The largest absolute Gasteiger partial charge is 0.388 e. The molecule has 3 fully saturated rings. The first kappa shape index (κ1) is 15.5. The van der Waals surface area contributed by atoms with Gasteiger partial charge in [-0.3, -0.25) is 14.4 Å². The minimum atomic E-state index is -1.41. The molecule has 0 aliphatic heterocycles. The van der Waals surface area contributed by atoms with E-state index >= 15 is 0 Å². The third-order valence-electron chi connectivity index (χ3n) is 7.96. The molecule has 26 heavy (non-hydrogen) atoms. The quantitative estimate of drug-likeness (QED) is 0.797. The molecule has 0 aromatic heterocycles. The van der Waals surface area contributed by atoms with Crippen LogP contribution in [0.3, 0.4) is 0 Å². The molecule has 3 saturated carbocycles. The van der Waals surface area contributed by atoms with E-state index in [2.05, 4.69) is 5.11 Å². The molecule has 0 unspecified atom stereocenters. The first-order chi connectivity index (χ1) is 13.2. The summed E-state index contributed by atoms with van der Waals surface area (Å²) in [5.74, 6) is -0.465. The van der Waals surface area contributed by atoms with Crippen LogP contribution in [0.1, 0.15) is 46.0 Å². The standard InChI is InChI=1S/C21H26O5/c1-19-7-5-13(23)9-12(19)3-4-14-15-6-8-21(26,17(25)11-22)20(15,2)10-16(24)18(14)19/h5,7,9,14-15,18,22,26H,3-4,6,8,10-11H2,1-2H3/t14-,15-,18+,19-,20-,21-/m0/s1/i22D,26D. The van der Waals surface area contributed by atoms with Gasteiger partial charge >= 0.3 is 0 Å². The van der Waals surface area contributed by atoms with Gasteiger partial charge in [0.15, 0.2) is 11.6 Å². The summed E-state index contributed by atoms with van der Waals surface area (Å²) in [4.78, 5) is 38.1. The monoisotopic (exact) mass is 360 g/mol. The minimum Gasteiger partial charge on any atom is -0.388 e. The number of allylic oxidation sites excluding steroid dienone is 4. The van der Waals surface area contributed by atoms with Gasteiger partial charge in [-0.1, -0.05) is 25.5 Å². The Hall–Kier alpha value is -1.59. The number of carbonyl (C=O) groups excluding carboxylic acids is 3. The van der Waals surface area contributed by atoms with Crippen molar-refractivity contribution in [3.8, 4) is 0 Å². The predicted molar refractivity (Wildman–Crippen MR) is 94.0 cm³/mol. The van der Waals surface area contributed by atoms with Crippen LogP contribution in [0.4, 0.5) is 0 Å². The molecule has 2 N–H and O–H groups in total. The number of fused-ring (bicyclic) bond motifs is 5. The number of aliphatic hydroxyl groups excluding tert-OH is 1. The maximum absolute atomic E-state index is 13.5. The van der Waals surface area contributed by atoms with Gasteiger partial charge in [0.2, 0.25) is 2.86 Å². The van der Waals surface area contributed by atoms with Crippen molar-refractivity contribution in [3.05, 3.63) is 23.8 Å². The number of ketones is 3. The van der Waals surface area contributed by atoms with Gasteiger partial charge in [0, 0.05) is 23.2 Å². The van der Waals surface area contributed by atoms with E-state index in [9.17, 15) is 14.4 Å². The Labute approximate surface area is 156 Å². The Morgan fingerprint density at radius 2 is 2.15 bits per heavy atom. The van der Waals surface area contributed by atoms with Gasteiger partial charge in [-0.25, -0.2) is 0 Å². The zero-order valence-corrected chi connectivity index (χ0v) is 15.2. The Morgan fingerprint density at radius 1 is 1.35 bits per heavy atom. The molecular formula is C21H26O5. The van der Waals surface area contributed by atoms with E-state index in [4.69, 9.17) is 7.97 Å². The van der Waals surface area contributed by atoms with Crippen LogP contribution in [0.25, 0.3) is 0 Å². The maximum atomic E-state index is 13.5. The smallest absolute Gasteiger partial charge is 0.212 e. The number of hydrogen-bond donors (Lipinski definition) is 2. The van der Waals surface area contributed by atoms with Crippen LogP contribution < -0.4 is 0 Å². The van der Waals surface area contributed by atoms with Crippen molar-refractivity contribution in [2.24, 2.45) is 28.6 Å². The van der Waals surface area contributed by atoms with E-state index < -0.39 is 28.8 Å². The molecule has 0 bridgehead atoms. The molecule has 0 heterocycles. The zero-order valence-electron chi connectivity index (χ0n) is 17.2. The molecule has 0 spiro atoms. The van der Waals surface area contributed by atoms with Crippen molar-refractivity contribution < 1.29 is 24.6 Å². The Morgan fingerprint density at radius 3 is 2.88 bits per heavy atom.